The SMILES string of the molecule is CC(C)(N)C(=O)Nc1ccc(O)cc1. The maximum Gasteiger partial charge on any atom is 0.243 e. The standard InChI is InChI=1S/C10H14N2O2/c1-10(2,11)9(14)12-7-3-5-8(13)6-4-7/h3-6,13H,11H2,1-2H3,(H,12,14). The molecule has 0 aromatic heterocycles. The molecule has 1 aromatic carbocycles. The van der Waals surface area contributed by atoms with E-state index in [0.717, 1.165) is 0 Å². The van der Waals surface area contributed by atoms with Crippen LogP contribution < -0.4 is 11.1 Å². The summed E-state index contributed by atoms with van der Waals surface area (Å²) in [5.41, 5.74) is 5.31. The monoisotopic (exact) mass is 194 g/mol. The second-order valence-electron chi connectivity index (χ2n) is 3.72. The Balaban J connectivity index is 2.71. The zero-order valence-corrected chi connectivity index (χ0v) is 8.24. The summed E-state index contributed by atoms with van der Waals surface area (Å²) in [7, 11) is 0. The van der Waals surface area contributed by atoms with Gasteiger partial charge in [-0.05, 0) is 38.1 Å². The average Bonchev–Trinajstić information content (AvgIpc) is 2.07. The van der Waals surface area contributed by atoms with E-state index < -0.39 is 5.54 Å². The molecule has 1 aromatic rings. The first kappa shape index (κ1) is 10.5. The zero-order chi connectivity index (χ0) is 10.8. The van der Waals surface area contributed by atoms with Crippen LogP contribution in [-0.2, 0) is 4.79 Å². The first-order valence-electron chi connectivity index (χ1n) is 4.29. The summed E-state index contributed by atoms with van der Waals surface area (Å²) in [5.74, 6) is -0.0989. The van der Waals surface area contributed by atoms with E-state index in [9.17, 15) is 4.79 Å². The molecule has 76 valence electrons. The van der Waals surface area contributed by atoms with E-state index in [-0.39, 0.29) is 11.7 Å². The molecule has 0 heterocycles. The van der Waals surface area contributed by atoms with Gasteiger partial charge in [-0.3, -0.25) is 4.79 Å². The normalized spacial score (nSPS) is 11.1. The molecule has 0 bridgehead atoms. The van der Waals surface area contributed by atoms with Crippen LogP contribution in [0.5, 0.6) is 5.75 Å². The van der Waals surface area contributed by atoms with E-state index in [1.807, 2.05) is 0 Å². The van der Waals surface area contributed by atoms with Crippen LogP contribution in [-0.4, -0.2) is 16.6 Å². The minimum atomic E-state index is -0.905. The van der Waals surface area contributed by atoms with Gasteiger partial charge < -0.3 is 16.2 Å². The second kappa shape index (κ2) is 3.67. The summed E-state index contributed by atoms with van der Waals surface area (Å²) < 4.78 is 0. The van der Waals surface area contributed by atoms with Gasteiger partial charge in [0, 0.05) is 5.69 Å². The molecule has 0 atom stereocenters. The summed E-state index contributed by atoms with van der Waals surface area (Å²) in [4.78, 5) is 11.4. The lowest BCUT2D eigenvalue weighted by Crippen LogP contribution is -2.45. The number of amides is 1. The van der Waals surface area contributed by atoms with Gasteiger partial charge in [0.2, 0.25) is 5.91 Å². The van der Waals surface area contributed by atoms with Crippen molar-refractivity contribution in [3.05, 3.63) is 24.3 Å². The fourth-order valence-electron chi connectivity index (χ4n) is 0.837. The summed E-state index contributed by atoms with van der Waals surface area (Å²) >= 11 is 0. The Hall–Kier alpha value is -1.55. The number of nitrogens with two attached hydrogens (primary N) is 1. The number of phenols is 1. The number of rotatable bonds is 2. The maximum atomic E-state index is 11.4. The van der Waals surface area contributed by atoms with Crippen LogP contribution in [0.2, 0.25) is 0 Å². The average molecular weight is 194 g/mol. The molecule has 4 nitrogen and oxygen atoms in total. The minimum Gasteiger partial charge on any atom is -0.508 e. The lowest BCUT2D eigenvalue weighted by atomic mass is 10.1. The Morgan fingerprint density at radius 2 is 1.86 bits per heavy atom. The fraction of sp³-hybridized carbons (Fsp3) is 0.300. The highest BCUT2D eigenvalue weighted by atomic mass is 16.3. The van der Waals surface area contributed by atoms with Gasteiger partial charge in [0.25, 0.3) is 0 Å². The summed E-state index contributed by atoms with van der Waals surface area (Å²) in [6.07, 6.45) is 0. The van der Waals surface area contributed by atoms with Crippen molar-refractivity contribution in [3.63, 3.8) is 0 Å². The van der Waals surface area contributed by atoms with Crippen molar-refractivity contribution in [3.8, 4) is 5.75 Å². The second-order valence-corrected chi connectivity index (χ2v) is 3.72. The molecule has 14 heavy (non-hydrogen) atoms. The van der Waals surface area contributed by atoms with E-state index in [1.54, 1.807) is 26.0 Å². The highest BCUT2D eigenvalue weighted by molar-refractivity contribution is 5.97. The number of hydrogen-bond acceptors (Lipinski definition) is 3. The van der Waals surface area contributed by atoms with Crippen molar-refractivity contribution in [1.29, 1.82) is 0 Å². The predicted octanol–water partition coefficient (Wildman–Crippen LogP) is 1.07. The molecule has 0 spiro atoms. The Kier molecular flexibility index (Phi) is 2.76. The van der Waals surface area contributed by atoms with E-state index in [0.29, 0.717) is 5.69 Å². The number of carbonyl (C=O) groups excluding carboxylic acids is 1. The van der Waals surface area contributed by atoms with Crippen LogP contribution in [0.1, 0.15) is 13.8 Å². The molecule has 0 aliphatic carbocycles. The van der Waals surface area contributed by atoms with Crippen LogP contribution in [0.15, 0.2) is 24.3 Å². The van der Waals surface area contributed by atoms with E-state index >= 15 is 0 Å². The molecule has 1 rings (SSSR count). The Morgan fingerprint density at radius 1 is 1.36 bits per heavy atom. The van der Waals surface area contributed by atoms with Crippen molar-refractivity contribution in [2.45, 2.75) is 19.4 Å². The lowest BCUT2D eigenvalue weighted by molar-refractivity contribution is -0.120. The van der Waals surface area contributed by atoms with Crippen LogP contribution in [0.4, 0.5) is 5.69 Å². The molecular formula is C10H14N2O2. The van der Waals surface area contributed by atoms with Gasteiger partial charge in [-0.1, -0.05) is 0 Å². The number of benzene rings is 1. The molecule has 0 unspecified atom stereocenters. The van der Waals surface area contributed by atoms with Crippen molar-refractivity contribution in [2.24, 2.45) is 5.73 Å². The Morgan fingerprint density at radius 3 is 2.29 bits per heavy atom. The van der Waals surface area contributed by atoms with Crippen LogP contribution >= 0.6 is 0 Å². The third-order valence-corrected chi connectivity index (χ3v) is 1.71. The summed E-state index contributed by atoms with van der Waals surface area (Å²) in [5, 5.41) is 11.6. The number of hydrogen-bond donors (Lipinski definition) is 3. The van der Waals surface area contributed by atoms with Crippen molar-refractivity contribution < 1.29 is 9.90 Å². The predicted molar refractivity (Wildman–Crippen MR) is 55.0 cm³/mol. The van der Waals surface area contributed by atoms with Gasteiger partial charge >= 0.3 is 0 Å². The number of carbonyl (C=O) groups is 1. The first-order valence-corrected chi connectivity index (χ1v) is 4.29. The van der Waals surface area contributed by atoms with Gasteiger partial charge in [0.05, 0.1) is 5.54 Å². The molecule has 1 amide bonds. The van der Waals surface area contributed by atoms with Crippen LogP contribution in [0, 0.1) is 0 Å². The number of anilines is 1. The quantitative estimate of drug-likeness (QED) is 0.616. The maximum absolute atomic E-state index is 11.4. The third kappa shape index (κ3) is 2.74. The molecule has 0 radical (unpaired) electrons. The summed E-state index contributed by atoms with van der Waals surface area (Å²) in [6, 6.07) is 6.22. The van der Waals surface area contributed by atoms with Crippen LogP contribution in [0.25, 0.3) is 0 Å². The Labute approximate surface area is 82.7 Å². The van der Waals surface area contributed by atoms with Gasteiger partial charge in [-0.25, -0.2) is 0 Å². The lowest BCUT2D eigenvalue weighted by Gasteiger charge is -2.17. The van der Waals surface area contributed by atoms with Crippen molar-refractivity contribution in [2.75, 3.05) is 5.32 Å². The molecule has 0 fully saturated rings. The molecule has 0 aliphatic rings. The van der Waals surface area contributed by atoms with Gasteiger partial charge in [-0.2, -0.15) is 0 Å². The molecule has 0 aliphatic heterocycles. The zero-order valence-electron chi connectivity index (χ0n) is 8.24. The molecule has 0 saturated heterocycles. The fourth-order valence-corrected chi connectivity index (χ4v) is 0.837. The highest BCUT2D eigenvalue weighted by Crippen LogP contribution is 2.14. The van der Waals surface area contributed by atoms with Crippen LogP contribution in [0.3, 0.4) is 0 Å². The minimum absolute atomic E-state index is 0.162. The topological polar surface area (TPSA) is 75.4 Å². The van der Waals surface area contributed by atoms with E-state index in [2.05, 4.69) is 5.32 Å². The Bertz CT molecular complexity index is 325. The van der Waals surface area contributed by atoms with E-state index in [1.165, 1.54) is 12.1 Å². The largest absolute Gasteiger partial charge is 0.508 e. The van der Waals surface area contributed by atoms with Gasteiger partial charge in [0.15, 0.2) is 0 Å². The molecule has 4 N–H and O–H groups in total. The number of phenolic OH excluding ortho intramolecular Hbond substituents is 1. The molecule has 0 saturated carbocycles. The highest BCUT2D eigenvalue weighted by Gasteiger charge is 2.21. The summed E-state index contributed by atoms with van der Waals surface area (Å²) in [6.45, 7) is 3.26. The molecule has 4 heteroatoms. The van der Waals surface area contributed by atoms with Gasteiger partial charge in [-0.15, -0.1) is 0 Å². The third-order valence-electron chi connectivity index (χ3n) is 1.71. The van der Waals surface area contributed by atoms with Gasteiger partial charge in [0.1, 0.15) is 5.75 Å². The van der Waals surface area contributed by atoms with Crippen molar-refractivity contribution >= 4 is 11.6 Å². The number of nitrogens with one attached hydrogen (secondary N) is 1. The number of aromatic hydroxyl groups is 1. The van der Waals surface area contributed by atoms with E-state index in [4.69, 9.17) is 10.8 Å². The first-order chi connectivity index (χ1) is 6.39. The molecular weight excluding hydrogens is 180 g/mol. The van der Waals surface area contributed by atoms with Crippen molar-refractivity contribution in [1.82, 2.24) is 0 Å². The smallest absolute Gasteiger partial charge is 0.243 e.